The molecule has 0 atom stereocenters. The number of carbonyl (C=O) groups is 1. The van der Waals surface area contributed by atoms with E-state index in [4.69, 9.17) is 5.73 Å². The van der Waals surface area contributed by atoms with E-state index in [0.29, 0.717) is 5.56 Å². The fourth-order valence-corrected chi connectivity index (χ4v) is 4.80. The van der Waals surface area contributed by atoms with Crippen molar-refractivity contribution in [1.82, 2.24) is 4.90 Å². The van der Waals surface area contributed by atoms with E-state index in [1.54, 1.807) is 17.7 Å². The van der Waals surface area contributed by atoms with Gasteiger partial charge in [-0.3, -0.25) is 9.69 Å². The van der Waals surface area contributed by atoms with Gasteiger partial charge in [-0.05, 0) is 58.4 Å². The molecule has 1 saturated heterocycles. The van der Waals surface area contributed by atoms with Crippen LogP contribution in [0, 0.1) is 0 Å². The lowest BCUT2D eigenvalue weighted by Crippen LogP contribution is -2.31. The highest BCUT2D eigenvalue weighted by molar-refractivity contribution is 5.95. The van der Waals surface area contributed by atoms with Gasteiger partial charge in [0.05, 0.1) is 0 Å². The second-order valence-electron chi connectivity index (χ2n) is 8.68. The minimum atomic E-state index is -0.390. The topological polar surface area (TPSA) is 46.3 Å². The average molecular weight is 433 g/mol. The lowest BCUT2D eigenvalue weighted by molar-refractivity contribution is 0.100. The third-order valence-corrected chi connectivity index (χ3v) is 6.58. The largest absolute Gasteiger partial charge is 0.366 e. The summed E-state index contributed by atoms with van der Waals surface area (Å²) in [5.41, 5.74) is 15.2. The summed E-state index contributed by atoms with van der Waals surface area (Å²) >= 11 is 0. The SMILES string of the molecule is NC(=O)c1ccc(C=CCN2CCC(=C3c4ccccc4C=Cc4ccccc43)CC2)cc1. The zero-order valence-electron chi connectivity index (χ0n) is 18.7. The van der Waals surface area contributed by atoms with Crippen molar-refractivity contribution in [2.45, 2.75) is 12.8 Å². The highest BCUT2D eigenvalue weighted by atomic mass is 16.1. The first-order chi connectivity index (χ1) is 16.2. The first-order valence-electron chi connectivity index (χ1n) is 11.6. The molecule has 0 spiro atoms. The van der Waals surface area contributed by atoms with Crippen molar-refractivity contribution in [3.8, 4) is 0 Å². The lowest BCUT2D eigenvalue weighted by atomic mass is 9.86. The molecule has 1 amide bonds. The van der Waals surface area contributed by atoms with Crippen LogP contribution < -0.4 is 5.73 Å². The van der Waals surface area contributed by atoms with Gasteiger partial charge in [0.1, 0.15) is 0 Å². The summed E-state index contributed by atoms with van der Waals surface area (Å²) in [6, 6.07) is 24.9. The van der Waals surface area contributed by atoms with E-state index < -0.39 is 5.91 Å². The highest BCUT2D eigenvalue weighted by Crippen LogP contribution is 2.38. The van der Waals surface area contributed by atoms with Crippen LogP contribution in [0.3, 0.4) is 0 Å². The Kier molecular flexibility index (Phi) is 6.05. The molecule has 3 aromatic carbocycles. The average Bonchev–Trinajstić information content (AvgIpc) is 3.02. The van der Waals surface area contributed by atoms with E-state index in [-0.39, 0.29) is 0 Å². The molecule has 0 saturated carbocycles. The van der Waals surface area contributed by atoms with Crippen molar-refractivity contribution >= 4 is 29.7 Å². The normalized spacial score (nSPS) is 15.9. The van der Waals surface area contributed by atoms with Crippen LogP contribution in [0.15, 0.2) is 84.4 Å². The van der Waals surface area contributed by atoms with Crippen molar-refractivity contribution in [3.05, 3.63) is 118 Å². The summed E-state index contributed by atoms with van der Waals surface area (Å²) in [6.07, 6.45) is 11.0. The molecule has 1 aliphatic heterocycles. The zero-order valence-corrected chi connectivity index (χ0v) is 18.7. The molecule has 0 aromatic heterocycles. The van der Waals surface area contributed by atoms with Crippen molar-refractivity contribution in [1.29, 1.82) is 0 Å². The molecule has 1 fully saturated rings. The van der Waals surface area contributed by atoms with Gasteiger partial charge in [0.15, 0.2) is 0 Å². The Bertz CT molecular complexity index is 1200. The summed E-state index contributed by atoms with van der Waals surface area (Å²) in [4.78, 5) is 13.7. The number of benzene rings is 3. The van der Waals surface area contributed by atoms with Crippen LogP contribution in [0.1, 0.15) is 51.0 Å². The Morgan fingerprint density at radius 1 is 0.818 bits per heavy atom. The number of hydrogen-bond acceptors (Lipinski definition) is 2. The van der Waals surface area contributed by atoms with Crippen LogP contribution in [-0.2, 0) is 0 Å². The number of nitrogens with zero attached hydrogens (tertiary/aromatic N) is 1. The van der Waals surface area contributed by atoms with E-state index in [2.05, 4.69) is 77.7 Å². The highest BCUT2D eigenvalue weighted by Gasteiger charge is 2.22. The number of hydrogen-bond donors (Lipinski definition) is 1. The van der Waals surface area contributed by atoms with E-state index in [1.807, 2.05) is 12.1 Å². The van der Waals surface area contributed by atoms with Crippen molar-refractivity contribution < 1.29 is 4.79 Å². The first-order valence-corrected chi connectivity index (χ1v) is 11.6. The molecular weight excluding hydrogens is 404 g/mol. The fraction of sp³-hybridized carbons (Fsp3) is 0.167. The number of piperidine rings is 1. The third-order valence-electron chi connectivity index (χ3n) is 6.58. The number of rotatable bonds is 4. The second-order valence-corrected chi connectivity index (χ2v) is 8.68. The van der Waals surface area contributed by atoms with Gasteiger partial charge in [-0.25, -0.2) is 0 Å². The summed E-state index contributed by atoms with van der Waals surface area (Å²) in [6.45, 7) is 3.04. The van der Waals surface area contributed by atoms with Gasteiger partial charge in [-0.1, -0.05) is 90.5 Å². The number of amides is 1. The monoisotopic (exact) mass is 432 g/mol. The van der Waals surface area contributed by atoms with Gasteiger partial charge < -0.3 is 5.73 Å². The molecule has 5 rings (SSSR count). The van der Waals surface area contributed by atoms with Gasteiger partial charge in [-0.15, -0.1) is 0 Å². The van der Waals surface area contributed by atoms with Crippen molar-refractivity contribution in [2.75, 3.05) is 19.6 Å². The van der Waals surface area contributed by atoms with Crippen LogP contribution in [0.5, 0.6) is 0 Å². The van der Waals surface area contributed by atoms with E-state index >= 15 is 0 Å². The lowest BCUT2D eigenvalue weighted by Gasteiger charge is -2.29. The molecule has 0 unspecified atom stereocenters. The number of nitrogens with two attached hydrogens (primary N) is 1. The Morgan fingerprint density at radius 3 is 1.97 bits per heavy atom. The standard InChI is InChI=1S/C30H28N2O/c31-30(33)26-13-11-22(12-14-26)6-5-19-32-20-17-25(18-21-32)29-27-9-3-1-7-23(27)15-16-24-8-2-4-10-28(24)29/h1-16H,17-21H2,(H2,31,33). The molecule has 1 aliphatic carbocycles. The van der Waals surface area contributed by atoms with Crippen molar-refractivity contribution in [3.63, 3.8) is 0 Å². The molecular formula is C30H28N2O. The fourth-order valence-electron chi connectivity index (χ4n) is 4.80. The number of carbonyl (C=O) groups excluding carboxylic acids is 1. The predicted octanol–water partition coefficient (Wildman–Crippen LogP) is 5.88. The van der Waals surface area contributed by atoms with Crippen LogP contribution in [0.25, 0.3) is 23.8 Å². The van der Waals surface area contributed by atoms with Gasteiger partial charge in [0.2, 0.25) is 5.91 Å². The van der Waals surface area contributed by atoms with E-state index in [1.165, 1.54) is 27.8 Å². The maximum absolute atomic E-state index is 11.2. The summed E-state index contributed by atoms with van der Waals surface area (Å²) in [5.74, 6) is -0.390. The van der Waals surface area contributed by atoms with Gasteiger partial charge in [0, 0.05) is 25.2 Å². The quantitative estimate of drug-likeness (QED) is 0.438. The molecule has 0 radical (unpaired) electrons. The Balaban J connectivity index is 1.32. The summed E-state index contributed by atoms with van der Waals surface area (Å²) in [7, 11) is 0. The van der Waals surface area contributed by atoms with Gasteiger partial charge in [0.25, 0.3) is 0 Å². The Labute approximate surface area is 195 Å². The zero-order chi connectivity index (χ0) is 22.6. The predicted molar refractivity (Wildman–Crippen MR) is 138 cm³/mol. The maximum Gasteiger partial charge on any atom is 0.248 e. The minimum Gasteiger partial charge on any atom is -0.366 e. The number of fused-ring (bicyclic) bond motifs is 2. The van der Waals surface area contributed by atoms with Crippen molar-refractivity contribution in [2.24, 2.45) is 5.73 Å². The molecule has 164 valence electrons. The maximum atomic E-state index is 11.2. The van der Waals surface area contributed by atoms with Gasteiger partial charge in [-0.2, -0.15) is 0 Å². The van der Waals surface area contributed by atoms with Crippen LogP contribution >= 0.6 is 0 Å². The molecule has 1 heterocycles. The smallest absolute Gasteiger partial charge is 0.248 e. The van der Waals surface area contributed by atoms with Crippen LogP contribution in [0.2, 0.25) is 0 Å². The summed E-state index contributed by atoms with van der Waals surface area (Å²) < 4.78 is 0. The number of likely N-dealkylation sites (tertiary alicyclic amines) is 1. The summed E-state index contributed by atoms with van der Waals surface area (Å²) in [5, 5.41) is 0. The first kappa shape index (κ1) is 21.2. The Morgan fingerprint density at radius 2 is 1.39 bits per heavy atom. The molecule has 3 nitrogen and oxygen atoms in total. The van der Waals surface area contributed by atoms with Gasteiger partial charge >= 0.3 is 0 Å². The third kappa shape index (κ3) is 4.59. The van der Waals surface area contributed by atoms with E-state index in [9.17, 15) is 4.79 Å². The van der Waals surface area contributed by atoms with Crippen LogP contribution in [0.4, 0.5) is 0 Å². The minimum absolute atomic E-state index is 0.390. The molecule has 3 aromatic rings. The molecule has 2 N–H and O–H groups in total. The Hall–Kier alpha value is -3.69. The number of primary amides is 1. The molecule has 3 heteroatoms. The van der Waals surface area contributed by atoms with Crippen LogP contribution in [-0.4, -0.2) is 30.4 Å². The molecule has 0 bridgehead atoms. The second kappa shape index (κ2) is 9.43. The molecule has 33 heavy (non-hydrogen) atoms. The van der Waals surface area contributed by atoms with E-state index in [0.717, 1.165) is 38.0 Å². The molecule has 2 aliphatic rings.